The molecule has 1 atom stereocenters. The van der Waals surface area contributed by atoms with E-state index in [1.807, 2.05) is 18.2 Å². The van der Waals surface area contributed by atoms with Crippen LogP contribution in [0.5, 0.6) is 11.5 Å². The van der Waals surface area contributed by atoms with E-state index in [-0.39, 0.29) is 24.3 Å². The zero-order chi connectivity index (χ0) is 19.9. The van der Waals surface area contributed by atoms with Crippen LogP contribution < -0.4 is 20.1 Å². The fourth-order valence-corrected chi connectivity index (χ4v) is 4.26. The van der Waals surface area contributed by atoms with Gasteiger partial charge < -0.3 is 20.1 Å². The Labute approximate surface area is 166 Å². The average Bonchev–Trinajstić information content (AvgIpc) is 3.24. The predicted octanol–water partition coefficient (Wildman–Crippen LogP) is 1.50. The van der Waals surface area contributed by atoms with Gasteiger partial charge in [0.25, 0.3) is 0 Å². The van der Waals surface area contributed by atoms with Gasteiger partial charge in [0.2, 0.25) is 11.8 Å². The van der Waals surface area contributed by atoms with E-state index in [2.05, 4.69) is 15.5 Å². The molecule has 0 aromatic heterocycles. The third-order valence-electron chi connectivity index (χ3n) is 5.76. The van der Waals surface area contributed by atoms with E-state index in [1.54, 1.807) is 14.2 Å². The van der Waals surface area contributed by atoms with Crippen molar-refractivity contribution in [1.82, 2.24) is 15.5 Å². The third-order valence-corrected chi connectivity index (χ3v) is 5.76. The topological polar surface area (TPSA) is 79.9 Å². The van der Waals surface area contributed by atoms with Gasteiger partial charge in [-0.3, -0.25) is 14.5 Å². The SMILES string of the molecule is COc1ccc(CCNC(=O)C[C@H]2C(=O)NCCN2C2CCCC2)c(OC)c1. The van der Waals surface area contributed by atoms with E-state index in [0.717, 1.165) is 36.4 Å². The van der Waals surface area contributed by atoms with Crippen LogP contribution >= 0.6 is 0 Å². The van der Waals surface area contributed by atoms with Gasteiger partial charge in [0, 0.05) is 31.7 Å². The van der Waals surface area contributed by atoms with Crippen molar-refractivity contribution in [2.45, 2.75) is 50.6 Å². The number of nitrogens with one attached hydrogen (secondary N) is 2. The molecule has 2 aliphatic rings. The molecule has 154 valence electrons. The summed E-state index contributed by atoms with van der Waals surface area (Å²) in [5.41, 5.74) is 1.01. The first kappa shape index (κ1) is 20.5. The number of ether oxygens (including phenoxy) is 2. The van der Waals surface area contributed by atoms with Crippen LogP contribution in [-0.4, -0.2) is 62.7 Å². The summed E-state index contributed by atoms with van der Waals surface area (Å²) in [5.74, 6) is 1.37. The van der Waals surface area contributed by atoms with Crippen LogP contribution in [0, 0.1) is 0 Å². The Kier molecular flexibility index (Phi) is 7.14. The maximum absolute atomic E-state index is 12.5. The summed E-state index contributed by atoms with van der Waals surface area (Å²) >= 11 is 0. The van der Waals surface area contributed by atoms with Crippen molar-refractivity contribution in [2.24, 2.45) is 0 Å². The molecule has 1 aliphatic carbocycles. The van der Waals surface area contributed by atoms with Crippen LogP contribution in [0.4, 0.5) is 0 Å². The number of carbonyl (C=O) groups excluding carboxylic acids is 2. The smallest absolute Gasteiger partial charge is 0.237 e. The van der Waals surface area contributed by atoms with Crippen molar-refractivity contribution < 1.29 is 19.1 Å². The summed E-state index contributed by atoms with van der Waals surface area (Å²) in [4.78, 5) is 27.1. The Balaban J connectivity index is 1.52. The molecule has 1 saturated carbocycles. The Morgan fingerprint density at radius 2 is 2.04 bits per heavy atom. The number of nitrogens with zero attached hydrogens (tertiary/aromatic N) is 1. The molecule has 0 bridgehead atoms. The second-order valence-corrected chi connectivity index (χ2v) is 7.46. The summed E-state index contributed by atoms with van der Waals surface area (Å²) in [6.07, 6.45) is 5.55. The number of piperazine rings is 1. The second-order valence-electron chi connectivity index (χ2n) is 7.46. The minimum atomic E-state index is -0.354. The maximum atomic E-state index is 12.5. The van der Waals surface area contributed by atoms with E-state index >= 15 is 0 Å². The van der Waals surface area contributed by atoms with Gasteiger partial charge in [0.15, 0.2) is 0 Å². The van der Waals surface area contributed by atoms with Gasteiger partial charge in [-0.15, -0.1) is 0 Å². The highest BCUT2D eigenvalue weighted by atomic mass is 16.5. The molecule has 7 nitrogen and oxygen atoms in total. The number of hydrogen-bond donors (Lipinski definition) is 2. The highest BCUT2D eigenvalue weighted by Crippen LogP contribution is 2.27. The molecule has 1 heterocycles. The summed E-state index contributed by atoms with van der Waals surface area (Å²) in [7, 11) is 3.24. The molecule has 1 saturated heterocycles. The number of methoxy groups -OCH3 is 2. The van der Waals surface area contributed by atoms with Gasteiger partial charge in [-0.05, 0) is 30.9 Å². The Morgan fingerprint density at radius 3 is 2.75 bits per heavy atom. The number of amides is 2. The van der Waals surface area contributed by atoms with Crippen molar-refractivity contribution >= 4 is 11.8 Å². The molecule has 1 aromatic carbocycles. The molecule has 2 amide bonds. The van der Waals surface area contributed by atoms with E-state index in [0.29, 0.717) is 25.6 Å². The quantitative estimate of drug-likeness (QED) is 0.704. The van der Waals surface area contributed by atoms with Crippen LogP contribution in [0.2, 0.25) is 0 Å². The fourth-order valence-electron chi connectivity index (χ4n) is 4.26. The van der Waals surface area contributed by atoms with Gasteiger partial charge in [-0.25, -0.2) is 0 Å². The molecule has 1 aliphatic heterocycles. The zero-order valence-electron chi connectivity index (χ0n) is 16.8. The first-order chi connectivity index (χ1) is 13.6. The Bertz CT molecular complexity index is 688. The Morgan fingerprint density at radius 1 is 1.25 bits per heavy atom. The molecular formula is C21H31N3O4. The van der Waals surface area contributed by atoms with Crippen LogP contribution in [0.3, 0.4) is 0 Å². The normalized spacial score (nSPS) is 20.6. The summed E-state index contributed by atoms with van der Waals surface area (Å²) in [6, 6.07) is 5.74. The molecule has 2 N–H and O–H groups in total. The van der Waals surface area contributed by atoms with E-state index in [9.17, 15) is 9.59 Å². The van der Waals surface area contributed by atoms with Gasteiger partial charge in [0.1, 0.15) is 11.5 Å². The molecule has 0 spiro atoms. The van der Waals surface area contributed by atoms with Gasteiger partial charge in [-0.2, -0.15) is 0 Å². The van der Waals surface area contributed by atoms with Gasteiger partial charge in [-0.1, -0.05) is 18.9 Å². The molecule has 2 fully saturated rings. The first-order valence-corrected chi connectivity index (χ1v) is 10.1. The van der Waals surface area contributed by atoms with Gasteiger partial charge in [0.05, 0.1) is 26.7 Å². The molecule has 7 heteroatoms. The molecule has 0 unspecified atom stereocenters. The molecule has 28 heavy (non-hydrogen) atoms. The lowest BCUT2D eigenvalue weighted by atomic mass is 10.0. The largest absolute Gasteiger partial charge is 0.497 e. The number of hydrogen-bond acceptors (Lipinski definition) is 5. The lowest BCUT2D eigenvalue weighted by molar-refractivity contribution is -0.135. The number of benzene rings is 1. The standard InChI is InChI=1S/C21H31N3O4/c1-27-17-8-7-15(19(13-17)28-2)9-10-22-20(25)14-18-21(26)23-11-12-24(18)16-5-3-4-6-16/h7-8,13,16,18H,3-6,9-12,14H2,1-2H3,(H,22,25)(H,23,26)/t18-/m0/s1. The van der Waals surface area contributed by atoms with Crippen LogP contribution in [0.1, 0.15) is 37.7 Å². The van der Waals surface area contributed by atoms with E-state index in [4.69, 9.17) is 9.47 Å². The Hall–Kier alpha value is -2.28. The minimum absolute atomic E-state index is 0.0230. The second kappa shape index (κ2) is 9.78. The molecule has 0 radical (unpaired) electrons. The monoisotopic (exact) mass is 389 g/mol. The van der Waals surface area contributed by atoms with Crippen molar-refractivity contribution in [3.8, 4) is 11.5 Å². The lowest BCUT2D eigenvalue weighted by Gasteiger charge is -2.38. The predicted molar refractivity (Wildman–Crippen MR) is 107 cm³/mol. The summed E-state index contributed by atoms with van der Waals surface area (Å²) in [5, 5.41) is 5.87. The fraction of sp³-hybridized carbons (Fsp3) is 0.619. The van der Waals surface area contributed by atoms with E-state index < -0.39 is 0 Å². The van der Waals surface area contributed by atoms with Crippen molar-refractivity contribution in [1.29, 1.82) is 0 Å². The third kappa shape index (κ3) is 4.95. The molecule has 1 aromatic rings. The van der Waals surface area contributed by atoms with Crippen molar-refractivity contribution in [2.75, 3.05) is 33.9 Å². The zero-order valence-corrected chi connectivity index (χ0v) is 16.8. The van der Waals surface area contributed by atoms with Crippen LogP contribution in [0.15, 0.2) is 18.2 Å². The minimum Gasteiger partial charge on any atom is -0.497 e. The maximum Gasteiger partial charge on any atom is 0.237 e. The highest BCUT2D eigenvalue weighted by molar-refractivity contribution is 5.88. The molecule has 3 rings (SSSR count). The summed E-state index contributed by atoms with van der Waals surface area (Å²) < 4.78 is 10.6. The first-order valence-electron chi connectivity index (χ1n) is 10.1. The van der Waals surface area contributed by atoms with Gasteiger partial charge >= 0.3 is 0 Å². The van der Waals surface area contributed by atoms with E-state index in [1.165, 1.54) is 12.8 Å². The van der Waals surface area contributed by atoms with Crippen molar-refractivity contribution in [3.63, 3.8) is 0 Å². The lowest BCUT2D eigenvalue weighted by Crippen LogP contribution is -2.59. The average molecular weight is 389 g/mol. The van der Waals surface area contributed by atoms with Crippen LogP contribution in [-0.2, 0) is 16.0 Å². The van der Waals surface area contributed by atoms with Crippen molar-refractivity contribution in [3.05, 3.63) is 23.8 Å². The molecular weight excluding hydrogens is 358 g/mol. The van der Waals surface area contributed by atoms with Crippen LogP contribution in [0.25, 0.3) is 0 Å². The highest BCUT2D eigenvalue weighted by Gasteiger charge is 2.36. The summed E-state index contributed by atoms with van der Waals surface area (Å²) in [6.45, 7) is 2.00. The number of carbonyl (C=O) groups is 2. The number of rotatable bonds is 8.